The van der Waals surface area contributed by atoms with Gasteiger partial charge >= 0.3 is 0 Å². The minimum atomic E-state index is 0.258. The standard InChI is InChI=1S/C20H22ClN3/c1-13-4-5-15(11-22-13)14(2)24-19-7-6-16(21)10-17(19)18-12-23(3)9-8-20(18)24/h4-7,10-11,14H,8-9,12H2,1-3H3. The van der Waals surface area contributed by atoms with E-state index in [1.807, 2.05) is 19.2 Å². The van der Waals surface area contributed by atoms with Gasteiger partial charge in [-0.25, -0.2) is 0 Å². The van der Waals surface area contributed by atoms with Crippen molar-refractivity contribution < 1.29 is 0 Å². The molecule has 0 spiro atoms. The number of aromatic nitrogens is 2. The van der Waals surface area contributed by atoms with E-state index in [-0.39, 0.29) is 6.04 Å². The Balaban J connectivity index is 1.93. The van der Waals surface area contributed by atoms with Crippen LogP contribution < -0.4 is 0 Å². The van der Waals surface area contributed by atoms with E-state index in [0.29, 0.717) is 0 Å². The normalized spacial score (nSPS) is 16.3. The minimum Gasteiger partial charge on any atom is -0.337 e. The second-order valence-corrected chi connectivity index (χ2v) is 7.29. The van der Waals surface area contributed by atoms with Crippen LogP contribution in [0.1, 0.15) is 35.5 Å². The van der Waals surface area contributed by atoms with Crippen molar-refractivity contribution in [2.45, 2.75) is 32.9 Å². The molecule has 0 bridgehead atoms. The molecule has 3 heterocycles. The van der Waals surface area contributed by atoms with Crippen LogP contribution in [0.15, 0.2) is 36.5 Å². The Morgan fingerprint density at radius 1 is 1.21 bits per heavy atom. The van der Waals surface area contributed by atoms with Crippen LogP contribution in [0.25, 0.3) is 10.9 Å². The second kappa shape index (κ2) is 5.91. The van der Waals surface area contributed by atoms with E-state index < -0.39 is 0 Å². The van der Waals surface area contributed by atoms with Gasteiger partial charge in [-0.1, -0.05) is 17.7 Å². The summed E-state index contributed by atoms with van der Waals surface area (Å²) in [6, 6.07) is 10.8. The molecule has 4 rings (SSSR count). The summed E-state index contributed by atoms with van der Waals surface area (Å²) < 4.78 is 2.49. The fourth-order valence-corrected chi connectivity index (χ4v) is 3.99. The highest BCUT2D eigenvalue weighted by Crippen LogP contribution is 2.36. The smallest absolute Gasteiger partial charge is 0.0575 e. The van der Waals surface area contributed by atoms with Gasteiger partial charge in [0.2, 0.25) is 0 Å². The van der Waals surface area contributed by atoms with Crippen LogP contribution in [-0.2, 0) is 13.0 Å². The molecule has 3 nitrogen and oxygen atoms in total. The molecule has 1 aliphatic rings. The highest BCUT2D eigenvalue weighted by Gasteiger charge is 2.25. The van der Waals surface area contributed by atoms with E-state index >= 15 is 0 Å². The van der Waals surface area contributed by atoms with Gasteiger partial charge in [0.05, 0.1) is 6.04 Å². The lowest BCUT2D eigenvalue weighted by Gasteiger charge is -2.26. The summed E-state index contributed by atoms with van der Waals surface area (Å²) >= 11 is 6.29. The molecule has 1 aliphatic heterocycles. The van der Waals surface area contributed by atoms with Gasteiger partial charge in [-0.15, -0.1) is 0 Å². The summed E-state index contributed by atoms with van der Waals surface area (Å²) in [6.45, 7) is 6.37. The minimum absolute atomic E-state index is 0.258. The van der Waals surface area contributed by atoms with Gasteiger partial charge in [0, 0.05) is 53.0 Å². The van der Waals surface area contributed by atoms with Crippen molar-refractivity contribution in [3.8, 4) is 0 Å². The number of pyridine rings is 1. The Labute approximate surface area is 147 Å². The zero-order valence-corrected chi connectivity index (χ0v) is 15.1. The molecule has 0 fully saturated rings. The number of fused-ring (bicyclic) bond motifs is 3. The zero-order chi connectivity index (χ0) is 16.8. The molecular weight excluding hydrogens is 318 g/mol. The molecule has 1 aromatic carbocycles. The molecule has 0 saturated carbocycles. The topological polar surface area (TPSA) is 21.1 Å². The Bertz CT molecular complexity index is 895. The maximum Gasteiger partial charge on any atom is 0.0575 e. The Morgan fingerprint density at radius 2 is 2.04 bits per heavy atom. The predicted octanol–water partition coefficient (Wildman–Crippen LogP) is 4.60. The van der Waals surface area contributed by atoms with Crippen LogP contribution >= 0.6 is 11.6 Å². The van der Waals surface area contributed by atoms with Gasteiger partial charge in [0.1, 0.15) is 0 Å². The fourth-order valence-electron chi connectivity index (χ4n) is 3.82. The molecule has 24 heavy (non-hydrogen) atoms. The number of hydrogen-bond donors (Lipinski definition) is 0. The Hall–Kier alpha value is -1.84. The summed E-state index contributed by atoms with van der Waals surface area (Å²) in [6.07, 6.45) is 3.07. The largest absolute Gasteiger partial charge is 0.337 e. The molecule has 1 atom stereocenters. The molecule has 0 aliphatic carbocycles. The van der Waals surface area contributed by atoms with Crippen molar-refractivity contribution in [2.75, 3.05) is 13.6 Å². The zero-order valence-electron chi connectivity index (χ0n) is 14.4. The predicted molar refractivity (Wildman–Crippen MR) is 99.8 cm³/mol. The third kappa shape index (κ3) is 2.52. The molecule has 0 N–H and O–H groups in total. The monoisotopic (exact) mass is 339 g/mol. The van der Waals surface area contributed by atoms with Crippen LogP contribution in [0.5, 0.6) is 0 Å². The quantitative estimate of drug-likeness (QED) is 0.680. The van der Waals surface area contributed by atoms with Crippen LogP contribution in [0.3, 0.4) is 0 Å². The van der Waals surface area contributed by atoms with E-state index in [0.717, 1.165) is 30.2 Å². The summed E-state index contributed by atoms with van der Waals surface area (Å²) in [5.41, 5.74) is 6.44. The average Bonchev–Trinajstić information content (AvgIpc) is 2.88. The first-order chi connectivity index (χ1) is 11.5. The Morgan fingerprint density at radius 3 is 2.79 bits per heavy atom. The number of nitrogens with zero attached hydrogens (tertiary/aromatic N) is 3. The van der Waals surface area contributed by atoms with E-state index in [9.17, 15) is 0 Å². The van der Waals surface area contributed by atoms with E-state index in [4.69, 9.17) is 11.6 Å². The van der Waals surface area contributed by atoms with Crippen LogP contribution in [0, 0.1) is 6.92 Å². The number of rotatable bonds is 2. The van der Waals surface area contributed by atoms with Crippen molar-refractivity contribution in [3.63, 3.8) is 0 Å². The first kappa shape index (κ1) is 15.7. The molecule has 0 saturated heterocycles. The van der Waals surface area contributed by atoms with Crippen LogP contribution in [0.2, 0.25) is 5.02 Å². The van der Waals surface area contributed by atoms with E-state index in [2.05, 4.69) is 52.7 Å². The van der Waals surface area contributed by atoms with Crippen molar-refractivity contribution in [1.82, 2.24) is 14.5 Å². The third-order valence-electron chi connectivity index (χ3n) is 5.14. The molecular formula is C20H22ClN3. The first-order valence-corrected chi connectivity index (χ1v) is 8.84. The van der Waals surface area contributed by atoms with Crippen molar-refractivity contribution in [1.29, 1.82) is 0 Å². The van der Waals surface area contributed by atoms with Gasteiger partial charge in [-0.3, -0.25) is 4.98 Å². The molecule has 124 valence electrons. The van der Waals surface area contributed by atoms with Crippen molar-refractivity contribution in [3.05, 3.63) is 64.1 Å². The van der Waals surface area contributed by atoms with E-state index in [1.54, 1.807) is 0 Å². The van der Waals surface area contributed by atoms with E-state index in [1.165, 1.54) is 27.7 Å². The third-order valence-corrected chi connectivity index (χ3v) is 5.38. The summed E-state index contributed by atoms with van der Waals surface area (Å²) in [7, 11) is 2.18. The first-order valence-electron chi connectivity index (χ1n) is 8.47. The molecule has 1 unspecified atom stereocenters. The summed E-state index contributed by atoms with van der Waals surface area (Å²) in [5, 5.41) is 2.09. The molecule has 0 radical (unpaired) electrons. The molecule has 0 amide bonds. The fraction of sp³-hybridized carbons (Fsp3) is 0.350. The number of likely N-dealkylation sites (N-methyl/N-ethyl adjacent to an activating group) is 1. The number of hydrogen-bond acceptors (Lipinski definition) is 2. The van der Waals surface area contributed by atoms with Gasteiger partial charge in [-0.05, 0) is 56.3 Å². The molecule has 3 aromatic rings. The Kier molecular flexibility index (Phi) is 3.86. The lowest BCUT2D eigenvalue weighted by molar-refractivity contribution is 0.308. The molecule has 4 heteroatoms. The summed E-state index contributed by atoms with van der Waals surface area (Å²) in [5.74, 6) is 0. The van der Waals surface area contributed by atoms with Gasteiger partial charge in [0.25, 0.3) is 0 Å². The van der Waals surface area contributed by atoms with Gasteiger partial charge in [-0.2, -0.15) is 0 Å². The SMILES string of the molecule is Cc1ccc(C(C)n2c3c(c4cc(Cl)ccc42)CN(C)CC3)cn1. The van der Waals surface area contributed by atoms with Crippen molar-refractivity contribution in [2.24, 2.45) is 0 Å². The number of aryl methyl sites for hydroxylation is 1. The maximum absolute atomic E-state index is 6.29. The lowest BCUT2D eigenvalue weighted by atomic mass is 10.0. The number of benzene rings is 1. The average molecular weight is 340 g/mol. The maximum atomic E-state index is 6.29. The van der Waals surface area contributed by atoms with Gasteiger partial charge in [0.15, 0.2) is 0 Å². The highest BCUT2D eigenvalue weighted by molar-refractivity contribution is 6.31. The second-order valence-electron chi connectivity index (χ2n) is 6.85. The van der Waals surface area contributed by atoms with Gasteiger partial charge < -0.3 is 9.47 Å². The highest BCUT2D eigenvalue weighted by atomic mass is 35.5. The van der Waals surface area contributed by atoms with Crippen molar-refractivity contribution >= 4 is 22.5 Å². The summed E-state index contributed by atoms with van der Waals surface area (Å²) in [4.78, 5) is 6.87. The number of halogens is 1. The lowest BCUT2D eigenvalue weighted by Crippen LogP contribution is -2.28. The van der Waals surface area contributed by atoms with Crippen LogP contribution in [-0.4, -0.2) is 28.0 Å². The van der Waals surface area contributed by atoms with Crippen LogP contribution in [0.4, 0.5) is 0 Å². The molecule has 2 aromatic heterocycles.